The van der Waals surface area contributed by atoms with Crippen LogP contribution in [-0.4, -0.2) is 31.7 Å². The van der Waals surface area contributed by atoms with Crippen LogP contribution in [0.25, 0.3) is 0 Å². The molecule has 1 unspecified atom stereocenters. The van der Waals surface area contributed by atoms with Gasteiger partial charge in [-0.25, -0.2) is 0 Å². The quantitative estimate of drug-likeness (QED) is 0.777. The average molecular weight is 395 g/mol. The van der Waals surface area contributed by atoms with Gasteiger partial charge < -0.3 is 15.8 Å². The van der Waals surface area contributed by atoms with Crippen molar-refractivity contribution < 1.29 is 22.7 Å². The molecule has 0 saturated carbocycles. The number of nitrogens with one attached hydrogen (secondary N) is 1. The molecule has 4 nitrogen and oxygen atoms in total. The van der Waals surface area contributed by atoms with Gasteiger partial charge in [0.15, 0.2) is 0 Å². The molecule has 0 spiro atoms. The van der Waals surface area contributed by atoms with E-state index >= 15 is 0 Å². The zero-order chi connectivity index (χ0) is 18.5. The normalized spacial score (nSPS) is 17.9. The highest BCUT2D eigenvalue weighted by Gasteiger charge is 2.37. The highest BCUT2D eigenvalue weighted by atomic mass is 35.5. The number of alkyl halides is 3. The van der Waals surface area contributed by atoms with Gasteiger partial charge in [0.2, 0.25) is 5.91 Å². The zero-order valence-electron chi connectivity index (χ0n) is 14.8. The largest absolute Gasteiger partial charge is 0.416 e. The average Bonchev–Trinajstić information content (AvgIpc) is 2.60. The minimum Gasteiger partial charge on any atom is -0.381 e. The van der Waals surface area contributed by atoms with Gasteiger partial charge in [0.05, 0.1) is 11.6 Å². The minimum atomic E-state index is -4.39. The van der Waals surface area contributed by atoms with E-state index in [2.05, 4.69) is 5.32 Å². The Bertz CT molecular complexity index is 590. The summed E-state index contributed by atoms with van der Waals surface area (Å²) in [7, 11) is 0. The van der Waals surface area contributed by atoms with Crippen LogP contribution in [0, 0.1) is 0 Å². The van der Waals surface area contributed by atoms with Gasteiger partial charge in [-0.2, -0.15) is 13.2 Å². The predicted octanol–water partition coefficient (Wildman–Crippen LogP) is 3.42. The molecule has 1 heterocycles. The lowest BCUT2D eigenvalue weighted by Crippen LogP contribution is -2.49. The number of carbonyl (C=O) groups excluding carboxylic acids is 1. The molecule has 1 amide bonds. The van der Waals surface area contributed by atoms with E-state index in [1.807, 2.05) is 6.92 Å². The van der Waals surface area contributed by atoms with Crippen molar-refractivity contribution in [3.8, 4) is 0 Å². The fraction of sp³-hybridized carbons (Fsp3) is 0.611. The Morgan fingerprint density at radius 2 is 2.00 bits per heavy atom. The van der Waals surface area contributed by atoms with E-state index in [9.17, 15) is 18.0 Å². The van der Waals surface area contributed by atoms with Crippen molar-refractivity contribution in [1.82, 2.24) is 5.32 Å². The van der Waals surface area contributed by atoms with Crippen LogP contribution in [0.2, 0.25) is 0 Å². The van der Waals surface area contributed by atoms with Crippen LogP contribution in [0.4, 0.5) is 13.2 Å². The SMILES string of the molecule is CCCC(N)C(=O)NCC1(c2cccc(C(F)(F)F)c2)CCOCC1.Cl. The highest BCUT2D eigenvalue weighted by Crippen LogP contribution is 2.37. The number of ether oxygens (including phenoxy) is 1. The fourth-order valence-electron chi connectivity index (χ4n) is 3.18. The van der Waals surface area contributed by atoms with Gasteiger partial charge in [-0.15, -0.1) is 12.4 Å². The molecule has 0 radical (unpaired) electrons. The van der Waals surface area contributed by atoms with Crippen LogP contribution in [-0.2, 0) is 21.1 Å². The summed E-state index contributed by atoms with van der Waals surface area (Å²) in [4.78, 5) is 12.1. The van der Waals surface area contributed by atoms with Gasteiger partial charge >= 0.3 is 6.18 Å². The summed E-state index contributed by atoms with van der Waals surface area (Å²) in [5.74, 6) is -0.264. The summed E-state index contributed by atoms with van der Waals surface area (Å²) in [5.41, 5.74) is 5.16. The van der Waals surface area contributed by atoms with Crippen molar-refractivity contribution in [3.63, 3.8) is 0 Å². The maximum Gasteiger partial charge on any atom is 0.416 e. The number of nitrogens with two attached hydrogens (primary N) is 1. The first-order valence-corrected chi connectivity index (χ1v) is 8.57. The van der Waals surface area contributed by atoms with Crippen LogP contribution < -0.4 is 11.1 Å². The number of halogens is 4. The van der Waals surface area contributed by atoms with Gasteiger partial charge in [-0.05, 0) is 30.9 Å². The molecule has 0 bridgehead atoms. The van der Waals surface area contributed by atoms with Crippen molar-refractivity contribution in [3.05, 3.63) is 35.4 Å². The molecular weight excluding hydrogens is 369 g/mol. The zero-order valence-corrected chi connectivity index (χ0v) is 15.6. The van der Waals surface area contributed by atoms with Crippen molar-refractivity contribution in [2.24, 2.45) is 5.73 Å². The van der Waals surface area contributed by atoms with Crippen molar-refractivity contribution in [1.29, 1.82) is 0 Å². The summed E-state index contributed by atoms with van der Waals surface area (Å²) in [6, 6.07) is 4.76. The summed E-state index contributed by atoms with van der Waals surface area (Å²) < 4.78 is 44.5. The van der Waals surface area contributed by atoms with Crippen LogP contribution >= 0.6 is 12.4 Å². The molecule has 148 valence electrons. The number of hydrogen-bond donors (Lipinski definition) is 2. The number of benzene rings is 1. The number of amides is 1. The van der Waals surface area contributed by atoms with E-state index in [0.717, 1.165) is 12.5 Å². The van der Waals surface area contributed by atoms with Gasteiger partial charge in [0.25, 0.3) is 0 Å². The lowest BCUT2D eigenvalue weighted by atomic mass is 9.73. The second kappa shape index (κ2) is 9.58. The Morgan fingerprint density at radius 1 is 1.35 bits per heavy atom. The number of carbonyl (C=O) groups is 1. The third-order valence-corrected chi connectivity index (χ3v) is 4.79. The Balaban J connectivity index is 0.00000338. The Hall–Kier alpha value is -1.31. The molecule has 1 aliphatic rings. The molecule has 0 aliphatic carbocycles. The molecule has 1 aromatic carbocycles. The minimum absolute atomic E-state index is 0. The summed E-state index contributed by atoms with van der Waals surface area (Å²) in [5, 5.41) is 2.83. The van der Waals surface area contributed by atoms with Crippen molar-refractivity contribution in [2.45, 2.75) is 50.2 Å². The standard InChI is InChI=1S/C18H25F3N2O2.ClH/c1-2-4-15(22)16(24)23-12-17(7-9-25-10-8-17)13-5-3-6-14(11-13)18(19,20)21;/h3,5-6,11,15H,2,4,7-10,12,22H2,1H3,(H,23,24);1H. The molecule has 1 aliphatic heterocycles. The van der Waals surface area contributed by atoms with E-state index in [1.54, 1.807) is 6.07 Å². The topological polar surface area (TPSA) is 64.4 Å². The van der Waals surface area contributed by atoms with Crippen LogP contribution in [0.1, 0.15) is 43.7 Å². The fourth-order valence-corrected chi connectivity index (χ4v) is 3.18. The number of rotatable bonds is 6. The first-order valence-electron chi connectivity index (χ1n) is 8.57. The maximum atomic E-state index is 13.1. The Morgan fingerprint density at radius 3 is 2.58 bits per heavy atom. The Kier molecular flexibility index (Phi) is 8.37. The van der Waals surface area contributed by atoms with Crippen molar-refractivity contribution >= 4 is 18.3 Å². The molecule has 0 aromatic heterocycles. The highest BCUT2D eigenvalue weighted by molar-refractivity contribution is 5.85. The summed E-state index contributed by atoms with van der Waals surface area (Å²) >= 11 is 0. The lowest BCUT2D eigenvalue weighted by Gasteiger charge is -2.38. The third kappa shape index (κ3) is 5.59. The molecule has 3 N–H and O–H groups in total. The third-order valence-electron chi connectivity index (χ3n) is 4.79. The van der Waals surface area contributed by atoms with E-state index in [4.69, 9.17) is 10.5 Å². The smallest absolute Gasteiger partial charge is 0.381 e. The number of hydrogen-bond acceptors (Lipinski definition) is 3. The van der Waals surface area contributed by atoms with Crippen LogP contribution in [0.15, 0.2) is 24.3 Å². The van der Waals surface area contributed by atoms with E-state index in [0.29, 0.717) is 38.0 Å². The maximum absolute atomic E-state index is 13.1. The molecule has 1 atom stereocenters. The monoisotopic (exact) mass is 394 g/mol. The van der Waals surface area contributed by atoms with Gasteiger partial charge in [0, 0.05) is 25.2 Å². The second-order valence-electron chi connectivity index (χ2n) is 6.58. The van der Waals surface area contributed by atoms with E-state index in [1.165, 1.54) is 12.1 Å². The summed E-state index contributed by atoms with van der Waals surface area (Å²) in [6.45, 7) is 3.10. The molecule has 1 fully saturated rings. The molecular formula is C18H26ClF3N2O2. The Labute approximate surface area is 158 Å². The van der Waals surface area contributed by atoms with Crippen molar-refractivity contribution in [2.75, 3.05) is 19.8 Å². The van der Waals surface area contributed by atoms with E-state index in [-0.39, 0.29) is 24.9 Å². The first kappa shape index (κ1) is 22.7. The predicted molar refractivity (Wildman–Crippen MR) is 96.3 cm³/mol. The molecule has 8 heteroatoms. The molecule has 26 heavy (non-hydrogen) atoms. The molecule has 1 saturated heterocycles. The lowest BCUT2D eigenvalue weighted by molar-refractivity contribution is -0.137. The summed E-state index contributed by atoms with van der Waals surface area (Å²) in [6.07, 6.45) is -1.92. The van der Waals surface area contributed by atoms with Gasteiger partial charge in [-0.3, -0.25) is 4.79 Å². The molecule has 1 aromatic rings. The molecule has 2 rings (SSSR count). The van der Waals surface area contributed by atoms with E-state index < -0.39 is 23.2 Å². The van der Waals surface area contributed by atoms with Gasteiger partial charge in [-0.1, -0.05) is 31.5 Å². The van der Waals surface area contributed by atoms with Crippen LogP contribution in [0.5, 0.6) is 0 Å². The van der Waals surface area contributed by atoms with Crippen LogP contribution in [0.3, 0.4) is 0 Å². The van der Waals surface area contributed by atoms with Gasteiger partial charge in [0.1, 0.15) is 0 Å². The first-order chi connectivity index (χ1) is 11.8. The second-order valence-corrected chi connectivity index (χ2v) is 6.58.